The van der Waals surface area contributed by atoms with Gasteiger partial charge in [-0.05, 0) is 6.07 Å². The third-order valence-corrected chi connectivity index (χ3v) is 1.27. The summed E-state index contributed by atoms with van der Waals surface area (Å²) in [5.74, 6) is 0. The second-order valence-electron chi connectivity index (χ2n) is 1.89. The minimum atomic E-state index is 0.491. The lowest BCUT2D eigenvalue weighted by atomic mass is 9.95. The van der Waals surface area contributed by atoms with E-state index in [4.69, 9.17) is 24.7 Å². The molecule has 1 aromatic carbocycles. The maximum atomic E-state index is 8.42. The Bertz CT molecular complexity index is 270. The van der Waals surface area contributed by atoms with Crippen LogP contribution in [0.25, 0.3) is 0 Å². The first kappa shape index (κ1) is 7.18. The molecule has 46 valence electrons. The molecule has 0 aromatic heterocycles. The molecule has 3 heteroatoms. The summed E-state index contributed by atoms with van der Waals surface area (Å²) in [5.41, 5.74) is 1.01. The molecule has 0 unspecified atom stereocenters. The van der Waals surface area contributed by atoms with E-state index in [9.17, 15) is 0 Å². The maximum absolute atomic E-state index is 8.42. The van der Waals surface area contributed by atoms with Crippen molar-refractivity contribution in [1.29, 1.82) is 5.26 Å². The number of nitriles is 1. The van der Waals surface area contributed by atoms with E-state index in [1.807, 2.05) is 6.07 Å². The van der Waals surface area contributed by atoms with Crippen LogP contribution in [0.2, 0.25) is 5.02 Å². The van der Waals surface area contributed by atoms with E-state index in [2.05, 4.69) is 0 Å². The van der Waals surface area contributed by atoms with Gasteiger partial charge in [0.1, 0.15) is 7.85 Å². The fourth-order valence-electron chi connectivity index (χ4n) is 0.677. The highest BCUT2D eigenvalue weighted by molar-refractivity contribution is 6.36. The van der Waals surface area contributed by atoms with Crippen LogP contribution >= 0.6 is 11.6 Å². The van der Waals surface area contributed by atoms with Gasteiger partial charge in [-0.15, -0.1) is 0 Å². The Balaban J connectivity index is 3.22. The van der Waals surface area contributed by atoms with Gasteiger partial charge in [0, 0.05) is 5.02 Å². The topological polar surface area (TPSA) is 23.8 Å². The van der Waals surface area contributed by atoms with E-state index < -0.39 is 0 Å². The Labute approximate surface area is 65.6 Å². The van der Waals surface area contributed by atoms with Crippen LogP contribution in [0, 0.1) is 11.3 Å². The molecule has 0 aliphatic heterocycles. The molecular formula is C7H3BClN. The largest absolute Gasteiger partial charge is 0.192 e. The maximum Gasteiger partial charge on any atom is 0.113 e. The smallest absolute Gasteiger partial charge is 0.113 e. The van der Waals surface area contributed by atoms with Crippen LogP contribution in [0.5, 0.6) is 0 Å². The fourth-order valence-corrected chi connectivity index (χ4v) is 0.920. The lowest BCUT2D eigenvalue weighted by Crippen LogP contribution is -2.01. The van der Waals surface area contributed by atoms with Gasteiger partial charge >= 0.3 is 0 Å². The number of benzene rings is 1. The molecule has 0 N–H and O–H groups in total. The van der Waals surface area contributed by atoms with Crippen molar-refractivity contribution < 1.29 is 0 Å². The second kappa shape index (κ2) is 2.77. The van der Waals surface area contributed by atoms with Gasteiger partial charge < -0.3 is 0 Å². The minimum absolute atomic E-state index is 0.491. The molecular weight excluding hydrogens is 144 g/mol. The van der Waals surface area contributed by atoms with Gasteiger partial charge in [-0.3, -0.25) is 0 Å². The van der Waals surface area contributed by atoms with E-state index in [0.717, 1.165) is 0 Å². The van der Waals surface area contributed by atoms with Gasteiger partial charge in [0.25, 0.3) is 0 Å². The summed E-state index contributed by atoms with van der Waals surface area (Å²) in [6.45, 7) is 0. The molecule has 0 bridgehead atoms. The first-order chi connectivity index (χ1) is 4.72. The lowest BCUT2D eigenvalue weighted by molar-refractivity contribution is 1.49. The van der Waals surface area contributed by atoms with Crippen molar-refractivity contribution in [2.45, 2.75) is 0 Å². The van der Waals surface area contributed by atoms with Crippen LogP contribution in [-0.4, -0.2) is 7.85 Å². The molecule has 0 fully saturated rings. The Morgan fingerprint density at radius 3 is 2.60 bits per heavy atom. The first-order valence-corrected chi connectivity index (χ1v) is 3.06. The molecule has 0 saturated heterocycles. The summed E-state index contributed by atoms with van der Waals surface area (Å²) in [5, 5.41) is 8.92. The molecule has 0 heterocycles. The van der Waals surface area contributed by atoms with E-state index in [0.29, 0.717) is 16.0 Å². The summed E-state index contributed by atoms with van der Waals surface area (Å²) in [6, 6.07) is 6.69. The minimum Gasteiger partial charge on any atom is -0.192 e. The molecule has 0 aliphatic rings. The number of halogens is 1. The third-order valence-electron chi connectivity index (χ3n) is 1.05. The van der Waals surface area contributed by atoms with Crippen LogP contribution < -0.4 is 5.46 Å². The highest BCUT2D eigenvalue weighted by atomic mass is 35.5. The Hall–Kier alpha value is -0.935. The van der Waals surface area contributed by atoms with Gasteiger partial charge in [-0.25, -0.2) is 0 Å². The van der Waals surface area contributed by atoms with E-state index in [-0.39, 0.29) is 0 Å². The quantitative estimate of drug-likeness (QED) is 0.502. The zero-order valence-electron chi connectivity index (χ0n) is 5.13. The van der Waals surface area contributed by atoms with Crippen LogP contribution in [-0.2, 0) is 0 Å². The van der Waals surface area contributed by atoms with Crippen molar-refractivity contribution in [2.75, 3.05) is 0 Å². The van der Waals surface area contributed by atoms with Crippen molar-refractivity contribution in [3.05, 3.63) is 28.8 Å². The van der Waals surface area contributed by atoms with Crippen molar-refractivity contribution >= 4 is 24.9 Å². The molecule has 0 amide bonds. The monoisotopic (exact) mass is 147 g/mol. The highest BCUT2D eigenvalue weighted by Gasteiger charge is 1.92. The van der Waals surface area contributed by atoms with Crippen molar-refractivity contribution in [1.82, 2.24) is 0 Å². The molecule has 1 aromatic rings. The lowest BCUT2D eigenvalue weighted by Gasteiger charge is -1.93. The summed E-state index contributed by atoms with van der Waals surface area (Å²) >= 11 is 5.60. The van der Waals surface area contributed by atoms with Crippen LogP contribution in [0.3, 0.4) is 0 Å². The molecule has 0 spiro atoms. The van der Waals surface area contributed by atoms with E-state index in [1.54, 1.807) is 18.2 Å². The van der Waals surface area contributed by atoms with Gasteiger partial charge in [0.2, 0.25) is 0 Å². The normalized spacial score (nSPS) is 8.80. The summed E-state index contributed by atoms with van der Waals surface area (Å²) < 4.78 is 0. The molecule has 2 radical (unpaired) electrons. The van der Waals surface area contributed by atoms with Gasteiger partial charge in [0.05, 0.1) is 11.6 Å². The standard InChI is InChI=1S/C7H3BClN/c8-6-1-5(4-10)2-7(9)3-6/h1-3H. The summed E-state index contributed by atoms with van der Waals surface area (Å²) in [4.78, 5) is 0. The van der Waals surface area contributed by atoms with Gasteiger partial charge in [-0.1, -0.05) is 29.2 Å². The number of hydrogen-bond acceptors (Lipinski definition) is 1. The SMILES string of the molecule is [B]c1cc(Cl)cc(C#N)c1. The first-order valence-electron chi connectivity index (χ1n) is 2.68. The third kappa shape index (κ3) is 1.52. The van der Waals surface area contributed by atoms with E-state index >= 15 is 0 Å². The number of rotatable bonds is 0. The molecule has 0 aliphatic carbocycles. The second-order valence-corrected chi connectivity index (χ2v) is 2.32. The van der Waals surface area contributed by atoms with Crippen LogP contribution in [0.1, 0.15) is 5.56 Å². The molecule has 0 saturated carbocycles. The summed E-state index contributed by atoms with van der Waals surface area (Å²) in [7, 11) is 5.40. The number of hydrogen-bond donors (Lipinski definition) is 0. The fraction of sp³-hybridized carbons (Fsp3) is 0. The van der Waals surface area contributed by atoms with Crippen LogP contribution in [0.4, 0.5) is 0 Å². The van der Waals surface area contributed by atoms with Crippen molar-refractivity contribution in [3.63, 3.8) is 0 Å². The Morgan fingerprint density at radius 2 is 2.10 bits per heavy atom. The average Bonchev–Trinajstić information content (AvgIpc) is 1.85. The predicted octanol–water partition coefficient (Wildman–Crippen LogP) is 1.01. The number of nitrogens with zero attached hydrogens (tertiary/aromatic N) is 1. The highest BCUT2D eigenvalue weighted by Crippen LogP contribution is 2.07. The molecule has 10 heavy (non-hydrogen) atoms. The van der Waals surface area contributed by atoms with Gasteiger partial charge in [0.15, 0.2) is 0 Å². The average molecular weight is 147 g/mol. The molecule has 1 rings (SSSR count). The van der Waals surface area contributed by atoms with Gasteiger partial charge in [-0.2, -0.15) is 5.26 Å². The predicted molar refractivity (Wildman–Crippen MR) is 41.6 cm³/mol. The summed E-state index contributed by atoms with van der Waals surface area (Å²) in [6.07, 6.45) is 0. The van der Waals surface area contributed by atoms with Crippen molar-refractivity contribution in [3.8, 4) is 6.07 Å². The molecule has 0 atom stereocenters. The Kier molecular flexibility index (Phi) is 1.98. The zero-order valence-corrected chi connectivity index (χ0v) is 5.89. The van der Waals surface area contributed by atoms with Crippen LogP contribution in [0.15, 0.2) is 18.2 Å². The van der Waals surface area contributed by atoms with Crippen molar-refractivity contribution in [2.24, 2.45) is 0 Å². The molecule has 1 nitrogen and oxygen atoms in total. The zero-order chi connectivity index (χ0) is 7.56. The Morgan fingerprint density at radius 1 is 1.40 bits per heavy atom. The van der Waals surface area contributed by atoms with E-state index in [1.165, 1.54) is 0 Å².